The lowest BCUT2D eigenvalue weighted by Gasteiger charge is -2.40. The van der Waals surface area contributed by atoms with Gasteiger partial charge in [-0.25, -0.2) is 0 Å². The molecule has 4 heteroatoms. The van der Waals surface area contributed by atoms with Gasteiger partial charge in [-0.15, -0.1) is 0 Å². The van der Waals surface area contributed by atoms with Gasteiger partial charge in [0.05, 0.1) is 12.2 Å². The topological polar surface area (TPSA) is 58.6 Å². The molecule has 0 bridgehead atoms. The first-order valence-electron chi connectivity index (χ1n) is 6.94. The minimum atomic E-state index is -0.712. The van der Waals surface area contributed by atoms with Gasteiger partial charge in [-0.3, -0.25) is 4.79 Å². The lowest BCUT2D eigenvalue weighted by molar-refractivity contribution is -0.124. The highest BCUT2D eigenvalue weighted by molar-refractivity contribution is 5.76. The van der Waals surface area contributed by atoms with E-state index in [4.69, 9.17) is 4.74 Å². The molecule has 0 unspecified atom stereocenters. The SMILES string of the molecule is CCOCCC(=O)NCC1(O)CCC(C)(C)CC1. The Kier molecular flexibility index (Phi) is 5.60. The third-order valence-corrected chi connectivity index (χ3v) is 3.83. The largest absolute Gasteiger partial charge is 0.388 e. The molecule has 0 saturated heterocycles. The third-order valence-electron chi connectivity index (χ3n) is 3.83. The highest BCUT2D eigenvalue weighted by atomic mass is 16.5. The Balaban J connectivity index is 2.24. The Morgan fingerprint density at radius 2 is 1.89 bits per heavy atom. The summed E-state index contributed by atoms with van der Waals surface area (Å²) < 4.78 is 5.13. The summed E-state index contributed by atoms with van der Waals surface area (Å²) in [6, 6.07) is 0. The van der Waals surface area contributed by atoms with Crippen molar-refractivity contribution in [3.8, 4) is 0 Å². The lowest BCUT2D eigenvalue weighted by Crippen LogP contribution is -2.46. The van der Waals surface area contributed by atoms with Gasteiger partial charge < -0.3 is 15.2 Å². The molecule has 2 N–H and O–H groups in total. The van der Waals surface area contributed by atoms with Crippen LogP contribution in [0, 0.1) is 5.41 Å². The molecule has 18 heavy (non-hydrogen) atoms. The van der Waals surface area contributed by atoms with Crippen molar-refractivity contribution in [2.45, 2.75) is 58.5 Å². The molecule has 1 amide bonds. The minimum Gasteiger partial charge on any atom is -0.388 e. The second-order valence-electron chi connectivity index (χ2n) is 6.11. The molecule has 1 fully saturated rings. The quantitative estimate of drug-likeness (QED) is 0.714. The maximum Gasteiger partial charge on any atom is 0.222 e. The summed E-state index contributed by atoms with van der Waals surface area (Å²) >= 11 is 0. The smallest absolute Gasteiger partial charge is 0.222 e. The van der Waals surface area contributed by atoms with Gasteiger partial charge in [0.15, 0.2) is 0 Å². The average Bonchev–Trinajstić information content (AvgIpc) is 2.32. The minimum absolute atomic E-state index is 0.0401. The van der Waals surface area contributed by atoms with Crippen LogP contribution in [0.15, 0.2) is 0 Å². The number of carbonyl (C=O) groups is 1. The molecule has 1 saturated carbocycles. The van der Waals surface area contributed by atoms with E-state index >= 15 is 0 Å². The van der Waals surface area contributed by atoms with Gasteiger partial charge in [0.25, 0.3) is 0 Å². The molecular weight excluding hydrogens is 230 g/mol. The second-order valence-corrected chi connectivity index (χ2v) is 6.11. The maximum atomic E-state index is 11.5. The van der Waals surface area contributed by atoms with Gasteiger partial charge in [0.1, 0.15) is 0 Å². The van der Waals surface area contributed by atoms with Gasteiger partial charge in [-0.1, -0.05) is 13.8 Å². The summed E-state index contributed by atoms with van der Waals surface area (Å²) in [6.07, 6.45) is 3.93. The van der Waals surface area contributed by atoms with E-state index in [0.717, 1.165) is 25.7 Å². The Hall–Kier alpha value is -0.610. The van der Waals surface area contributed by atoms with Crippen LogP contribution in [-0.2, 0) is 9.53 Å². The van der Waals surface area contributed by atoms with Crippen molar-refractivity contribution >= 4 is 5.91 Å². The van der Waals surface area contributed by atoms with Crippen LogP contribution < -0.4 is 5.32 Å². The van der Waals surface area contributed by atoms with Crippen LogP contribution >= 0.6 is 0 Å². The molecular formula is C14H27NO3. The molecule has 4 nitrogen and oxygen atoms in total. The molecule has 1 aliphatic carbocycles. The van der Waals surface area contributed by atoms with Crippen molar-refractivity contribution < 1.29 is 14.6 Å². The molecule has 1 aliphatic rings. The molecule has 0 heterocycles. The molecule has 0 aromatic rings. The predicted octanol–water partition coefficient (Wildman–Crippen LogP) is 1.86. The van der Waals surface area contributed by atoms with E-state index in [9.17, 15) is 9.90 Å². The van der Waals surface area contributed by atoms with Crippen LogP contribution in [0.5, 0.6) is 0 Å². The normalized spacial score (nSPS) is 21.6. The average molecular weight is 257 g/mol. The molecule has 0 spiro atoms. The van der Waals surface area contributed by atoms with Crippen molar-refractivity contribution in [1.82, 2.24) is 5.32 Å². The number of hydrogen-bond donors (Lipinski definition) is 2. The molecule has 0 aliphatic heterocycles. The van der Waals surface area contributed by atoms with E-state index in [-0.39, 0.29) is 5.91 Å². The van der Waals surface area contributed by atoms with Crippen molar-refractivity contribution in [3.05, 3.63) is 0 Å². The number of nitrogens with one attached hydrogen (secondary N) is 1. The van der Waals surface area contributed by atoms with Crippen LogP contribution in [0.1, 0.15) is 52.9 Å². The zero-order valence-corrected chi connectivity index (χ0v) is 11.9. The Morgan fingerprint density at radius 1 is 1.28 bits per heavy atom. The Bertz CT molecular complexity index is 266. The molecule has 1 rings (SSSR count). The summed E-state index contributed by atoms with van der Waals surface area (Å²) in [4.78, 5) is 11.5. The number of carbonyl (C=O) groups excluding carboxylic acids is 1. The summed E-state index contributed by atoms with van der Waals surface area (Å²) in [5.74, 6) is -0.0401. The van der Waals surface area contributed by atoms with E-state index in [1.54, 1.807) is 0 Å². The standard InChI is InChI=1S/C14H27NO3/c1-4-18-10-5-12(16)15-11-14(17)8-6-13(2,3)7-9-14/h17H,4-11H2,1-3H3,(H,15,16). The van der Waals surface area contributed by atoms with Crippen molar-refractivity contribution in [3.63, 3.8) is 0 Å². The highest BCUT2D eigenvalue weighted by Crippen LogP contribution is 2.39. The van der Waals surface area contributed by atoms with Crippen LogP contribution in [0.2, 0.25) is 0 Å². The number of hydrogen-bond acceptors (Lipinski definition) is 3. The van der Waals surface area contributed by atoms with E-state index in [0.29, 0.717) is 31.6 Å². The molecule has 0 radical (unpaired) electrons. The third kappa shape index (κ3) is 5.36. The first-order chi connectivity index (χ1) is 8.37. The fourth-order valence-electron chi connectivity index (χ4n) is 2.23. The van der Waals surface area contributed by atoms with Crippen LogP contribution in [0.25, 0.3) is 0 Å². The fraction of sp³-hybridized carbons (Fsp3) is 0.929. The van der Waals surface area contributed by atoms with Gasteiger partial charge in [-0.2, -0.15) is 0 Å². The molecule has 0 atom stereocenters. The first kappa shape index (κ1) is 15.4. The Morgan fingerprint density at radius 3 is 2.44 bits per heavy atom. The number of rotatable bonds is 6. The van der Waals surface area contributed by atoms with Gasteiger partial charge in [0.2, 0.25) is 5.91 Å². The first-order valence-corrected chi connectivity index (χ1v) is 6.94. The summed E-state index contributed by atoms with van der Waals surface area (Å²) in [5, 5.41) is 13.2. The fourth-order valence-corrected chi connectivity index (χ4v) is 2.23. The summed E-state index contributed by atoms with van der Waals surface area (Å²) in [6.45, 7) is 7.82. The maximum absolute atomic E-state index is 11.5. The predicted molar refractivity (Wildman–Crippen MR) is 71.3 cm³/mol. The van der Waals surface area contributed by atoms with E-state index < -0.39 is 5.60 Å². The van der Waals surface area contributed by atoms with Crippen molar-refractivity contribution in [2.24, 2.45) is 5.41 Å². The zero-order valence-electron chi connectivity index (χ0n) is 11.9. The zero-order chi connectivity index (χ0) is 13.6. The van der Waals surface area contributed by atoms with Gasteiger partial charge in [0, 0.05) is 19.6 Å². The highest BCUT2D eigenvalue weighted by Gasteiger charge is 2.36. The van der Waals surface area contributed by atoms with E-state index in [2.05, 4.69) is 19.2 Å². The lowest BCUT2D eigenvalue weighted by atomic mass is 9.71. The van der Waals surface area contributed by atoms with Crippen molar-refractivity contribution in [2.75, 3.05) is 19.8 Å². The van der Waals surface area contributed by atoms with Gasteiger partial charge in [-0.05, 0) is 38.0 Å². The molecule has 0 aromatic heterocycles. The van der Waals surface area contributed by atoms with E-state index in [1.807, 2.05) is 6.92 Å². The van der Waals surface area contributed by atoms with Crippen LogP contribution in [0.3, 0.4) is 0 Å². The molecule has 106 valence electrons. The van der Waals surface area contributed by atoms with Crippen LogP contribution in [-0.4, -0.2) is 36.4 Å². The van der Waals surface area contributed by atoms with Gasteiger partial charge >= 0.3 is 0 Å². The Labute approximate surface area is 110 Å². The number of amides is 1. The second kappa shape index (κ2) is 6.53. The monoisotopic (exact) mass is 257 g/mol. The van der Waals surface area contributed by atoms with E-state index in [1.165, 1.54) is 0 Å². The van der Waals surface area contributed by atoms with Crippen molar-refractivity contribution in [1.29, 1.82) is 0 Å². The number of ether oxygens (including phenoxy) is 1. The summed E-state index contributed by atoms with van der Waals surface area (Å²) in [7, 11) is 0. The summed E-state index contributed by atoms with van der Waals surface area (Å²) in [5.41, 5.74) is -0.387. The van der Waals surface area contributed by atoms with Crippen LogP contribution in [0.4, 0.5) is 0 Å². The molecule has 0 aromatic carbocycles. The number of aliphatic hydroxyl groups is 1.